The molecule has 0 spiro atoms. The van der Waals surface area contributed by atoms with Crippen LogP contribution in [0.15, 0.2) is 117 Å². The summed E-state index contributed by atoms with van der Waals surface area (Å²) in [6.45, 7) is 1.85. The number of benzene rings is 3. The normalized spacial score (nSPS) is 14.4. The second-order valence-electron chi connectivity index (χ2n) is 8.03. The van der Waals surface area contributed by atoms with E-state index in [1.807, 2.05) is 91.9 Å². The number of Topliss-reactive ketones (excluding diaryl/α,β-unsaturated/α-hetero) is 1. The molecule has 0 bridgehead atoms. The van der Waals surface area contributed by atoms with Gasteiger partial charge in [-0.15, -0.1) is 5.10 Å². The summed E-state index contributed by atoms with van der Waals surface area (Å²) >= 11 is 0. The van der Waals surface area contributed by atoms with E-state index < -0.39 is 5.92 Å². The molecule has 0 atom stereocenters. The lowest BCUT2D eigenvalue weighted by Gasteiger charge is -2.18. The molecule has 0 fully saturated rings. The van der Waals surface area contributed by atoms with E-state index in [1.54, 1.807) is 12.1 Å². The van der Waals surface area contributed by atoms with Crippen molar-refractivity contribution in [1.29, 1.82) is 0 Å². The van der Waals surface area contributed by atoms with Crippen LogP contribution in [0.1, 0.15) is 39.7 Å². The Morgan fingerprint density at radius 3 is 2.00 bits per heavy atom. The van der Waals surface area contributed by atoms with Crippen LogP contribution in [0.4, 0.5) is 0 Å². The molecule has 166 valence electrons. The van der Waals surface area contributed by atoms with Crippen molar-refractivity contribution in [2.45, 2.75) is 12.8 Å². The van der Waals surface area contributed by atoms with Crippen molar-refractivity contribution in [1.82, 2.24) is 0 Å². The number of rotatable bonds is 6. The van der Waals surface area contributed by atoms with Gasteiger partial charge in [-0.05, 0) is 30.2 Å². The Balaban J connectivity index is 1.62. The Kier molecular flexibility index (Phi) is 5.75. The molecule has 1 aliphatic carbocycles. The number of furan rings is 1. The standard InChI is InChI=1S/C29H22N2O3/c1-19-16-17-22(34-19)18-30-31-27-23-14-8-9-15-24(23)28(32)26(27)29(33)25(20-10-4-2-5-11-20)21-12-6-3-7-13-21/h2-18,25,32H,1H3/b30-18-,31-27+. The third-order valence-corrected chi connectivity index (χ3v) is 5.79. The number of aliphatic hydroxyl groups is 1. The van der Waals surface area contributed by atoms with E-state index in [4.69, 9.17) is 4.42 Å². The molecule has 5 rings (SSSR count). The van der Waals surface area contributed by atoms with Gasteiger partial charge in [-0.2, -0.15) is 5.10 Å². The minimum absolute atomic E-state index is 0.0831. The van der Waals surface area contributed by atoms with Crippen LogP contribution in [0.3, 0.4) is 0 Å². The average Bonchev–Trinajstić information content (AvgIpc) is 3.41. The number of allylic oxidation sites excluding steroid dienone is 1. The van der Waals surface area contributed by atoms with Crippen molar-refractivity contribution in [3.8, 4) is 0 Å². The van der Waals surface area contributed by atoms with Gasteiger partial charge in [0.1, 0.15) is 23.0 Å². The molecule has 5 nitrogen and oxygen atoms in total. The molecule has 0 aliphatic heterocycles. The molecule has 5 heteroatoms. The van der Waals surface area contributed by atoms with E-state index in [2.05, 4.69) is 10.2 Å². The fourth-order valence-electron chi connectivity index (χ4n) is 4.21. The van der Waals surface area contributed by atoms with Crippen LogP contribution in [0.2, 0.25) is 0 Å². The van der Waals surface area contributed by atoms with Gasteiger partial charge in [0, 0.05) is 11.1 Å². The Labute approximate surface area is 197 Å². The molecule has 4 aromatic rings. The summed E-state index contributed by atoms with van der Waals surface area (Å²) < 4.78 is 5.52. The molecule has 3 aromatic carbocycles. The van der Waals surface area contributed by atoms with Crippen LogP contribution >= 0.6 is 0 Å². The Hall–Kier alpha value is -4.51. The first-order valence-corrected chi connectivity index (χ1v) is 11.0. The zero-order valence-electron chi connectivity index (χ0n) is 18.6. The lowest BCUT2D eigenvalue weighted by Crippen LogP contribution is -2.21. The SMILES string of the molecule is Cc1ccc(/C=N\N=C2\C(C(=O)C(c3ccccc3)c3ccccc3)=C(O)c3ccccc32)o1. The van der Waals surface area contributed by atoms with Gasteiger partial charge in [-0.3, -0.25) is 4.79 Å². The fraction of sp³-hybridized carbons (Fsp3) is 0.0690. The van der Waals surface area contributed by atoms with E-state index in [0.29, 0.717) is 22.6 Å². The van der Waals surface area contributed by atoms with Gasteiger partial charge in [0.2, 0.25) is 0 Å². The summed E-state index contributed by atoms with van der Waals surface area (Å²) in [5, 5.41) is 19.7. The van der Waals surface area contributed by atoms with Crippen LogP contribution < -0.4 is 0 Å². The highest BCUT2D eigenvalue weighted by Gasteiger charge is 2.37. The average molecular weight is 447 g/mol. The van der Waals surface area contributed by atoms with Gasteiger partial charge in [0.05, 0.1) is 17.7 Å². The fourth-order valence-corrected chi connectivity index (χ4v) is 4.21. The van der Waals surface area contributed by atoms with Gasteiger partial charge in [0.25, 0.3) is 0 Å². The maximum Gasteiger partial charge on any atom is 0.180 e. The zero-order chi connectivity index (χ0) is 23.5. The molecule has 0 saturated heterocycles. The quantitative estimate of drug-likeness (QED) is 0.287. The topological polar surface area (TPSA) is 75.2 Å². The highest BCUT2D eigenvalue weighted by molar-refractivity contribution is 6.37. The first kappa shape index (κ1) is 21.3. The molecule has 0 unspecified atom stereocenters. The van der Waals surface area contributed by atoms with Crippen molar-refractivity contribution >= 4 is 23.5 Å². The number of hydrogen-bond donors (Lipinski definition) is 1. The monoisotopic (exact) mass is 446 g/mol. The number of fused-ring (bicyclic) bond motifs is 1. The molecular formula is C29H22N2O3. The lowest BCUT2D eigenvalue weighted by molar-refractivity contribution is -0.115. The number of hydrogen-bond acceptors (Lipinski definition) is 5. The third-order valence-electron chi connectivity index (χ3n) is 5.79. The van der Waals surface area contributed by atoms with Crippen molar-refractivity contribution in [3.63, 3.8) is 0 Å². The van der Waals surface area contributed by atoms with Crippen LogP contribution in [-0.2, 0) is 4.79 Å². The van der Waals surface area contributed by atoms with Crippen molar-refractivity contribution < 1.29 is 14.3 Å². The highest BCUT2D eigenvalue weighted by Crippen LogP contribution is 2.37. The predicted octanol–water partition coefficient (Wildman–Crippen LogP) is 6.10. The molecule has 1 N–H and O–H groups in total. The van der Waals surface area contributed by atoms with E-state index >= 15 is 0 Å². The maximum atomic E-state index is 14.1. The summed E-state index contributed by atoms with van der Waals surface area (Å²) in [6, 6.07) is 30.0. The van der Waals surface area contributed by atoms with Crippen LogP contribution in [0, 0.1) is 6.92 Å². The van der Waals surface area contributed by atoms with E-state index in [1.165, 1.54) is 6.21 Å². The minimum atomic E-state index is -0.601. The number of aryl methyl sites for hydroxylation is 1. The number of nitrogens with zero attached hydrogens (tertiary/aromatic N) is 2. The summed E-state index contributed by atoms with van der Waals surface area (Å²) in [4.78, 5) is 14.1. The van der Waals surface area contributed by atoms with Gasteiger partial charge >= 0.3 is 0 Å². The molecule has 1 heterocycles. The molecule has 1 aromatic heterocycles. The van der Waals surface area contributed by atoms with E-state index in [9.17, 15) is 9.90 Å². The van der Waals surface area contributed by atoms with E-state index in [0.717, 1.165) is 16.9 Å². The molecule has 0 saturated carbocycles. The Bertz CT molecular complexity index is 1390. The van der Waals surface area contributed by atoms with Crippen molar-refractivity contribution in [3.05, 3.63) is 136 Å². The number of carbonyl (C=O) groups is 1. The first-order chi connectivity index (χ1) is 16.6. The molecule has 34 heavy (non-hydrogen) atoms. The van der Waals surface area contributed by atoms with Gasteiger partial charge in [0.15, 0.2) is 5.78 Å². The second-order valence-corrected chi connectivity index (χ2v) is 8.03. The Morgan fingerprint density at radius 2 is 1.41 bits per heavy atom. The maximum absolute atomic E-state index is 14.1. The summed E-state index contributed by atoms with van der Waals surface area (Å²) in [5.74, 6) is 0.396. The lowest BCUT2D eigenvalue weighted by atomic mass is 9.83. The number of carbonyl (C=O) groups excluding carboxylic acids is 1. The van der Waals surface area contributed by atoms with Gasteiger partial charge < -0.3 is 9.52 Å². The van der Waals surface area contributed by atoms with Crippen LogP contribution in [-0.4, -0.2) is 22.8 Å². The highest BCUT2D eigenvalue weighted by atomic mass is 16.3. The second kappa shape index (κ2) is 9.16. The number of aliphatic hydroxyl groups excluding tert-OH is 1. The minimum Gasteiger partial charge on any atom is -0.506 e. The van der Waals surface area contributed by atoms with Crippen LogP contribution in [0.25, 0.3) is 5.76 Å². The summed E-state index contributed by atoms with van der Waals surface area (Å²) in [5.41, 5.74) is 3.40. The van der Waals surface area contributed by atoms with Crippen molar-refractivity contribution in [2.24, 2.45) is 10.2 Å². The molecular weight excluding hydrogens is 424 g/mol. The smallest absolute Gasteiger partial charge is 0.180 e. The Morgan fingerprint density at radius 1 is 0.824 bits per heavy atom. The molecule has 1 aliphatic rings. The third kappa shape index (κ3) is 3.99. The van der Waals surface area contributed by atoms with E-state index in [-0.39, 0.29) is 17.1 Å². The molecule has 0 radical (unpaired) electrons. The molecule has 0 amide bonds. The number of ketones is 1. The predicted molar refractivity (Wildman–Crippen MR) is 133 cm³/mol. The van der Waals surface area contributed by atoms with Gasteiger partial charge in [-0.1, -0.05) is 84.9 Å². The van der Waals surface area contributed by atoms with Crippen LogP contribution in [0.5, 0.6) is 0 Å². The summed E-state index contributed by atoms with van der Waals surface area (Å²) in [6.07, 6.45) is 1.49. The largest absolute Gasteiger partial charge is 0.506 e. The summed E-state index contributed by atoms with van der Waals surface area (Å²) in [7, 11) is 0. The van der Waals surface area contributed by atoms with Gasteiger partial charge in [-0.25, -0.2) is 0 Å². The zero-order valence-corrected chi connectivity index (χ0v) is 18.6. The van der Waals surface area contributed by atoms with Crippen molar-refractivity contribution in [2.75, 3.05) is 0 Å². The first-order valence-electron chi connectivity index (χ1n) is 11.0.